The van der Waals surface area contributed by atoms with Gasteiger partial charge in [-0.1, -0.05) is 6.07 Å². The van der Waals surface area contributed by atoms with E-state index in [0.29, 0.717) is 11.7 Å². The van der Waals surface area contributed by atoms with Gasteiger partial charge in [0.25, 0.3) is 5.91 Å². The van der Waals surface area contributed by atoms with Gasteiger partial charge in [0.05, 0.1) is 0 Å². The number of hydrogen-bond acceptors (Lipinski definition) is 3. The summed E-state index contributed by atoms with van der Waals surface area (Å²) >= 11 is 0. The summed E-state index contributed by atoms with van der Waals surface area (Å²) in [4.78, 5) is 22.8. The molecule has 21 heavy (non-hydrogen) atoms. The minimum Gasteiger partial charge on any atom is -0.337 e. The highest BCUT2D eigenvalue weighted by Crippen LogP contribution is 2.26. The molecule has 1 fully saturated rings. The lowest BCUT2D eigenvalue weighted by Gasteiger charge is -2.33. The second-order valence-electron chi connectivity index (χ2n) is 5.56. The van der Waals surface area contributed by atoms with Crippen molar-refractivity contribution < 1.29 is 4.79 Å². The van der Waals surface area contributed by atoms with Gasteiger partial charge in [-0.3, -0.25) is 9.78 Å². The van der Waals surface area contributed by atoms with E-state index >= 15 is 0 Å². The van der Waals surface area contributed by atoms with Crippen LogP contribution in [0.15, 0.2) is 30.6 Å². The highest BCUT2D eigenvalue weighted by molar-refractivity contribution is 5.92. The quantitative estimate of drug-likeness (QED) is 0.850. The number of carbonyl (C=O) groups excluding carboxylic acids is 1. The van der Waals surface area contributed by atoms with Crippen molar-refractivity contribution in [1.82, 2.24) is 19.4 Å². The molecule has 3 heterocycles. The van der Waals surface area contributed by atoms with Gasteiger partial charge >= 0.3 is 0 Å². The summed E-state index contributed by atoms with van der Waals surface area (Å²) in [7, 11) is 0. The summed E-state index contributed by atoms with van der Waals surface area (Å²) < 4.78 is 2.29. The Bertz CT molecular complexity index is 607. The summed E-state index contributed by atoms with van der Waals surface area (Å²) in [6.45, 7) is 5.68. The first kappa shape index (κ1) is 13.8. The van der Waals surface area contributed by atoms with E-state index in [4.69, 9.17) is 0 Å². The van der Waals surface area contributed by atoms with Crippen LogP contribution in [0, 0.1) is 13.8 Å². The highest BCUT2D eigenvalue weighted by Gasteiger charge is 2.26. The van der Waals surface area contributed by atoms with Gasteiger partial charge in [0, 0.05) is 37.2 Å². The number of likely N-dealkylation sites (tertiary alicyclic amines) is 1. The molecular weight excluding hydrogens is 264 g/mol. The van der Waals surface area contributed by atoms with Crippen molar-refractivity contribution in [3.63, 3.8) is 0 Å². The zero-order valence-electron chi connectivity index (χ0n) is 12.5. The topological polar surface area (TPSA) is 51.0 Å². The van der Waals surface area contributed by atoms with Crippen LogP contribution in [0.2, 0.25) is 0 Å². The molecule has 110 valence electrons. The van der Waals surface area contributed by atoms with Crippen LogP contribution in [0.1, 0.15) is 40.9 Å². The van der Waals surface area contributed by atoms with Gasteiger partial charge in [-0.15, -0.1) is 0 Å². The number of amides is 1. The molecule has 0 aromatic carbocycles. The van der Waals surface area contributed by atoms with Gasteiger partial charge in [-0.05, 0) is 38.8 Å². The molecule has 0 N–H and O–H groups in total. The van der Waals surface area contributed by atoms with E-state index in [9.17, 15) is 4.79 Å². The Kier molecular flexibility index (Phi) is 3.73. The third-order valence-corrected chi connectivity index (χ3v) is 4.17. The van der Waals surface area contributed by atoms with Crippen LogP contribution in [0.5, 0.6) is 0 Å². The molecule has 1 amide bonds. The molecule has 1 aliphatic heterocycles. The van der Waals surface area contributed by atoms with E-state index in [-0.39, 0.29) is 5.91 Å². The number of hydrogen-bond donors (Lipinski definition) is 0. The number of rotatable bonds is 2. The average molecular weight is 284 g/mol. The lowest BCUT2D eigenvalue weighted by atomic mass is 10.0. The molecular formula is C16H20N4O. The number of aromatic nitrogens is 3. The minimum absolute atomic E-state index is 0.0353. The summed E-state index contributed by atoms with van der Waals surface area (Å²) in [5.74, 6) is 1.09. The first-order valence-corrected chi connectivity index (χ1v) is 7.37. The molecule has 0 unspecified atom stereocenters. The SMILES string of the molecule is Cc1cnc(C)n1C1CCN(C(=O)c2ccccn2)CC1. The fourth-order valence-corrected chi connectivity index (χ4v) is 3.10. The zero-order chi connectivity index (χ0) is 14.8. The van der Waals surface area contributed by atoms with Gasteiger partial charge in [0.15, 0.2) is 0 Å². The normalized spacial score (nSPS) is 16.2. The standard InChI is InChI=1S/C16H20N4O/c1-12-11-18-13(2)20(12)14-6-9-19(10-7-14)16(21)15-5-3-4-8-17-15/h3-5,8,11,14H,6-7,9-10H2,1-2H3. The maximum atomic E-state index is 12.4. The molecule has 5 nitrogen and oxygen atoms in total. The molecule has 0 atom stereocenters. The zero-order valence-corrected chi connectivity index (χ0v) is 12.5. The van der Waals surface area contributed by atoms with Crippen LogP contribution < -0.4 is 0 Å². The van der Waals surface area contributed by atoms with Gasteiger partial charge in [-0.2, -0.15) is 0 Å². The number of carbonyl (C=O) groups is 1. The summed E-state index contributed by atoms with van der Waals surface area (Å²) in [6, 6.07) is 5.90. The Labute approximate surface area is 124 Å². The molecule has 1 saturated heterocycles. The summed E-state index contributed by atoms with van der Waals surface area (Å²) in [6.07, 6.45) is 5.52. The molecule has 1 aliphatic rings. The highest BCUT2D eigenvalue weighted by atomic mass is 16.2. The van der Waals surface area contributed by atoms with E-state index in [1.807, 2.05) is 30.2 Å². The smallest absolute Gasteiger partial charge is 0.272 e. The van der Waals surface area contributed by atoms with Gasteiger partial charge in [-0.25, -0.2) is 4.98 Å². The molecule has 3 rings (SSSR count). The third kappa shape index (κ3) is 2.68. The number of nitrogens with zero attached hydrogens (tertiary/aromatic N) is 4. The summed E-state index contributed by atoms with van der Waals surface area (Å²) in [5, 5.41) is 0. The van der Waals surface area contributed by atoms with Crippen LogP contribution in [0.25, 0.3) is 0 Å². The van der Waals surface area contributed by atoms with Crippen molar-refractivity contribution in [1.29, 1.82) is 0 Å². The first-order valence-electron chi connectivity index (χ1n) is 7.37. The molecule has 0 spiro atoms. The van der Waals surface area contributed by atoms with Gasteiger partial charge in [0.1, 0.15) is 11.5 Å². The van der Waals surface area contributed by atoms with E-state index in [1.165, 1.54) is 5.69 Å². The largest absolute Gasteiger partial charge is 0.337 e. The predicted molar refractivity (Wildman–Crippen MR) is 80.1 cm³/mol. The molecule has 0 bridgehead atoms. The molecule has 0 radical (unpaired) electrons. The molecule has 2 aromatic rings. The van der Waals surface area contributed by atoms with Gasteiger partial charge in [0.2, 0.25) is 0 Å². The van der Waals surface area contributed by atoms with Crippen LogP contribution in [-0.4, -0.2) is 38.4 Å². The number of piperidine rings is 1. The monoisotopic (exact) mass is 284 g/mol. The maximum absolute atomic E-state index is 12.4. The van der Waals surface area contributed by atoms with Crippen molar-refractivity contribution in [3.8, 4) is 0 Å². The average Bonchev–Trinajstić information content (AvgIpc) is 2.87. The van der Waals surface area contributed by atoms with Crippen molar-refractivity contribution in [2.45, 2.75) is 32.7 Å². The molecule has 0 aliphatic carbocycles. The molecule has 0 saturated carbocycles. The third-order valence-electron chi connectivity index (χ3n) is 4.17. The van der Waals surface area contributed by atoms with Crippen LogP contribution in [0.3, 0.4) is 0 Å². The maximum Gasteiger partial charge on any atom is 0.272 e. The lowest BCUT2D eigenvalue weighted by molar-refractivity contribution is 0.0687. The van der Waals surface area contributed by atoms with E-state index in [2.05, 4.69) is 21.5 Å². The van der Waals surface area contributed by atoms with Crippen LogP contribution in [0.4, 0.5) is 0 Å². The Morgan fingerprint density at radius 1 is 1.19 bits per heavy atom. The second kappa shape index (κ2) is 5.68. The summed E-state index contributed by atoms with van der Waals surface area (Å²) in [5.41, 5.74) is 1.73. The first-order chi connectivity index (χ1) is 10.2. The molecule has 5 heteroatoms. The fourth-order valence-electron chi connectivity index (χ4n) is 3.10. The lowest BCUT2D eigenvalue weighted by Crippen LogP contribution is -2.39. The van der Waals surface area contributed by atoms with E-state index in [0.717, 1.165) is 31.8 Å². The van der Waals surface area contributed by atoms with Crippen molar-refractivity contribution in [2.24, 2.45) is 0 Å². The fraction of sp³-hybridized carbons (Fsp3) is 0.438. The Hall–Kier alpha value is -2.17. The van der Waals surface area contributed by atoms with Crippen molar-refractivity contribution >= 4 is 5.91 Å². The van der Waals surface area contributed by atoms with E-state index in [1.54, 1.807) is 12.3 Å². The minimum atomic E-state index is 0.0353. The Balaban J connectivity index is 1.67. The number of imidazole rings is 1. The van der Waals surface area contributed by atoms with Gasteiger partial charge < -0.3 is 9.47 Å². The van der Waals surface area contributed by atoms with E-state index < -0.39 is 0 Å². The number of aryl methyl sites for hydroxylation is 2. The predicted octanol–water partition coefficient (Wildman–Crippen LogP) is 2.37. The Morgan fingerprint density at radius 3 is 2.52 bits per heavy atom. The van der Waals surface area contributed by atoms with Crippen LogP contribution in [-0.2, 0) is 0 Å². The number of pyridine rings is 1. The molecule has 2 aromatic heterocycles. The van der Waals surface area contributed by atoms with Crippen molar-refractivity contribution in [2.75, 3.05) is 13.1 Å². The van der Waals surface area contributed by atoms with Crippen LogP contribution >= 0.6 is 0 Å². The van der Waals surface area contributed by atoms with Crippen molar-refractivity contribution in [3.05, 3.63) is 47.8 Å². The Morgan fingerprint density at radius 2 is 1.95 bits per heavy atom. The second-order valence-corrected chi connectivity index (χ2v) is 5.56.